The number of nitriles is 1. The summed E-state index contributed by atoms with van der Waals surface area (Å²) in [4.78, 5) is 15.7. The maximum absolute atomic E-state index is 11.4. The van der Waals surface area contributed by atoms with E-state index in [4.69, 9.17) is 0 Å². The summed E-state index contributed by atoms with van der Waals surface area (Å²) in [7, 11) is 0. The third-order valence-corrected chi connectivity index (χ3v) is 4.90. The fourth-order valence-electron chi connectivity index (χ4n) is 3.52. The minimum Gasteiger partial charge on any atom is -0.340 e. The number of nitrogens with zero attached hydrogens (tertiary/aromatic N) is 3. The van der Waals surface area contributed by atoms with Crippen molar-refractivity contribution >= 4 is 5.91 Å². The van der Waals surface area contributed by atoms with Crippen LogP contribution in [0.4, 0.5) is 0 Å². The highest BCUT2D eigenvalue weighted by molar-refractivity contribution is 5.73. The molecule has 4 nitrogen and oxygen atoms in total. The molecule has 2 rings (SSSR count). The molecule has 3 unspecified atom stereocenters. The monoisotopic (exact) mass is 263 g/mol. The zero-order chi connectivity index (χ0) is 13.8. The Balaban J connectivity index is 1.95. The van der Waals surface area contributed by atoms with E-state index in [2.05, 4.69) is 17.9 Å². The second-order valence-corrected chi connectivity index (χ2v) is 5.93. The van der Waals surface area contributed by atoms with Crippen molar-refractivity contribution in [3.05, 3.63) is 0 Å². The molecule has 2 aliphatic rings. The molecule has 2 fully saturated rings. The van der Waals surface area contributed by atoms with Crippen LogP contribution in [-0.4, -0.2) is 47.9 Å². The summed E-state index contributed by atoms with van der Waals surface area (Å²) in [5.41, 5.74) is 0. The van der Waals surface area contributed by atoms with Crippen molar-refractivity contribution in [3.63, 3.8) is 0 Å². The molecule has 0 aromatic rings. The van der Waals surface area contributed by atoms with Crippen LogP contribution < -0.4 is 0 Å². The quantitative estimate of drug-likeness (QED) is 0.764. The fourth-order valence-corrected chi connectivity index (χ4v) is 3.52. The van der Waals surface area contributed by atoms with E-state index in [0.717, 1.165) is 44.9 Å². The molecule has 106 valence electrons. The predicted molar refractivity (Wildman–Crippen MR) is 74.4 cm³/mol. The molecule has 0 radical (unpaired) electrons. The SMILES string of the molecule is CCC1CCC(C#N)C(N2CCN(C(C)=O)CC2)C1. The van der Waals surface area contributed by atoms with Crippen LogP contribution in [0.5, 0.6) is 0 Å². The average molecular weight is 263 g/mol. The molecule has 1 aliphatic heterocycles. The first-order valence-electron chi connectivity index (χ1n) is 7.54. The highest BCUT2D eigenvalue weighted by Gasteiger charge is 2.35. The lowest BCUT2D eigenvalue weighted by atomic mass is 9.77. The van der Waals surface area contributed by atoms with Gasteiger partial charge >= 0.3 is 0 Å². The Morgan fingerprint density at radius 1 is 1.26 bits per heavy atom. The molecule has 0 spiro atoms. The summed E-state index contributed by atoms with van der Waals surface area (Å²) < 4.78 is 0. The van der Waals surface area contributed by atoms with Crippen molar-refractivity contribution in [2.24, 2.45) is 11.8 Å². The van der Waals surface area contributed by atoms with Gasteiger partial charge in [-0.15, -0.1) is 0 Å². The first-order valence-corrected chi connectivity index (χ1v) is 7.54. The maximum atomic E-state index is 11.4. The van der Waals surface area contributed by atoms with Gasteiger partial charge in [-0.3, -0.25) is 9.69 Å². The molecule has 19 heavy (non-hydrogen) atoms. The number of hydrogen-bond acceptors (Lipinski definition) is 3. The van der Waals surface area contributed by atoms with E-state index < -0.39 is 0 Å². The predicted octanol–water partition coefficient (Wildman–Crippen LogP) is 1.87. The third-order valence-electron chi connectivity index (χ3n) is 4.90. The Morgan fingerprint density at radius 2 is 1.95 bits per heavy atom. The molecule has 0 bridgehead atoms. The summed E-state index contributed by atoms with van der Waals surface area (Å²) in [6.07, 6.45) is 4.64. The molecule has 4 heteroatoms. The maximum Gasteiger partial charge on any atom is 0.219 e. The fraction of sp³-hybridized carbons (Fsp3) is 0.867. The van der Waals surface area contributed by atoms with Gasteiger partial charge in [0.15, 0.2) is 0 Å². The van der Waals surface area contributed by atoms with Crippen LogP contribution in [0, 0.1) is 23.2 Å². The number of piperazine rings is 1. The highest BCUT2D eigenvalue weighted by atomic mass is 16.2. The largest absolute Gasteiger partial charge is 0.340 e. The van der Waals surface area contributed by atoms with Crippen molar-refractivity contribution in [2.45, 2.75) is 45.6 Å². The summed E-state index contributed by atoms with van der Waals surface area (Å²) in [6, 6.07) is 2.92. The number of hydrogen-bond donors (Lipinski definition) is 0. The van der Waals surface area contributed by atoms with E-state index in [9.17, 15) is 10.1 Å². The summed E-state index contributed by atoms with van der Waals surface area (Å²) >= 11 is 0. The lowest BCUT2D eigenvalue weighted by molar-refractivity contribution is -0.131. The summed E-state index contributed by atoms with van der Waals surface area (Å²) in [5, 5.41) is 9.35. The van der Waals surface area contributed by atoms with E-state index >= 15 is 0 Å². The number of carbonyl (C=O) groups excluding carboxylic acids is 1. The molecule has 1 aliphatic carbocycles. The van der Waals surface area contributed by atoms with Crippen LogP contribution in [0.15, 0.2) is 0 Å². The first-order chi connectivity index (χ1) is 9.15. The minimum atomic E-state index is 0.173. The molecule has 1 saturated heterocycles. The molecule has 0 aromatic heterocycles. The zero-order valence-corrected chi connectivity index (χ0v) is 12.1. The normalized spacial score (nSPS) is 32.9. The lowest BCUT2D eigenvalue weighted by Crippen LogP contribution is -2.54. The van der Waals surface area contributed by atoms with Crippen LogP contribution >= 0.6 is 0 Å². The van der Waals surface area contributed by atoms with Gasteiger partial charge in [0.25, 0.3) is 0 Å². The minimum absolute atomic E-state index is 0.173. The van der Waals surface area contributed by atoms with E-state index in [-0.39, 0.29) is 11.8 Å². The second kappa shape index (κ2) is 6.38. The molecule has 0 aromatic carbocycles. The van der Waals surface area contributed by atoms with Gasteiger partial charge in [-0.2, -0.15) is 5.26 Å². The Morgan fingerprint density at radius 3 is 2.47 bits per heavy atom. The molecule has 3 atom stereocenters. The Hall–Kier alpha value is -1.08. The van der Waals surface area contributed by atoms with Crippen molar-refractivity contribution in [2.75, 3.05) is 26.2 Å². The Bertz CT molecular complexity index is 355. The van der Waals surface area contributed by atoms with E-state index in [1.807, 2.05) is 4.90 Å². The van der Waals surface area contributed by atoms with Gasteiger partial charge in [-0.25, -0.2) is 0 Å². The topological polar surface area (TPSA) is 47.3 Å². The zero-order valence-electron chi connectivity index (χ0n) is 12.1. The van der Waals surface area contributed by atoms with Crippen LogP contribution in [-0.2, 0) is 4.79 Å². The molecule has 0 N–H and O–H groups in total. The van der Waals surface area contributed by atoms with E-state index in [1.54, 1.807) is 6.92 Å². The van der Waals surface area contributed by atoms with Crippen LogP contribution in [0.2, 0.25) is 0 Å². The lowest BCUT2D eigenvalue weighted by Gasteiger charge is -2.44. The van der Waals surface area contributed by atoms with Gasteiger partial charge in [-0.1, -0.05) is 13.3 Å². The number of rotatable bonds is 2. The smallest absolute Gasteiger partial charge is 0.219 e. The molecule has 1 amide bonds. The van der Waals surface area contributed by atoms with Crippen molar-refractivity contribution in [3.8, 4) is 6.07 Å². The van der Waals surface area contributed by atoms with Crippen LogP contribution in [0.25, 0.3) is 0 Å². The number of carbonyl (C=O) groups is 1. The number of amides is 1. The standard InChI is InChI=1S/C15H25N3O/c1-3-13-4-5-14(11-16)15(10-13)18-8-6-17(7-9-18)12(2)19/h13-15H,3-10H2,1-2H3. The van der Waals surface area contributed by atoms with Gasteiger partial charge < -0.3 is 4.90 Å². The van der Waals surface area contributed by atoms with E-state index in [0.29, 0.717) is 6.04 Å². The van der Waals surface area contributed by atoms with Crippen LogP contribution in [0.3, 0.4) is 0 Å². The average Bonchev–Trinajstić information content (AvgIpc) is 2.46. The molecule has 1 saturated carbocycles. The summed E-state index contributed by atoms with van der Waals surface area (Å²) in [6.45, 7) is 7.39. The second-order valence-electron chi connectivity index (χ2n) is 5.93. The third kappa shape index (κ3) is 3.27. The highest BCUT2D eigenvalue weighted by Crippen LogP contribution is 2.34. The van der Waals surface area contributed by atoms with Crippen LogP contribution in [0.1, 0.15) is 39.5 Å². The van der Waals surface area contributed by atoms with Gasteiger partial charge in [0, 0.05) is 39.1 Å². The van der Waals surface area contributed by atoms with Gasteiger partial charge in [0.05, 0.1) is 12.0 Å². The molecular weight excluding hydrogens is 238 g/mol. The van der Waals surface area contributed by atoms with Gasteiger partial charge in [0.1, 0.15) is 0 Å². The van der Waals surface area contributed by atoms with Crippen molar-refractivity contribution in [1.82, 2.24) is 9.80 Å². The Kier molecular flexibility index (Phi) is 4.81. The molecular formula is C15H25N3O. The first kappa shape index (κ1) is 14.3. The molecule has 1 heterocycles. The van der Waals surface area contributed by atoms with Gasteiger partial charge in [-0.05, 0) is 25.2 Å². The Labute approximate surface area is 116 Å². The van der Waals surface area contributed by atoms with E-state index in [1.165, 1.54) is 12.8 Å². The summed E-state index contributed by atoms with van der Waals surface area (Å²) in [5.74, 6) is 1.14. The van der Waals surface area contributed by atoms with Crippen molar-refractivity contribution < 1.29 is 4.79 Å². The van der Waals surface area contributed by atoms with Gasteiger partial charge in [0.2, 0.25) is 5.91 Å². The van der Waals surface area contributed by atoms with Crippen molar-refractivity contribution in [1.29, 1.82) is 5.26 Å².